The average molecular weight is 959 g/mol. The van der Waals surface area contributed by atoms with E-state index in [-0.39, 0.29) is 0 Å². The van der Waals surface area contributed by atoms with E-state index in [4.69, 9.17) is 28.9 Å². The maximum absolute atomic E-state index is 6.24. The van der Waals surface area contributed by atoms with E-state index in [1.165, 1.54) is 0 Å². The molecule has 0 saturated heterocycles. The van der Waals surface area contributed by atoms with Gasteiger partial charge in [0.1, 0.15) is 23.0 Å². The Morgan fingerprint density at radius 2 is 0.528 bits per heavy atom. The first kappa shape index (κ1) is 49.7. The number of nitrogens with zero attached hydrogens (tertiary/aromatic N) is 2. The van der Waals surface area contributed by atoms with E-state index in [1.807, 2.05) is 0 Å². The van der Waals surface area contributed by atoms with Crippen LogP contribution in [0.3, 0.4) is 0 Å². The number of benzene rings is 4. The number of rotatable bonds is 20. The van der Waals surface area contributed by atoms with Crippen molar-refractivity contribution in [2.24, 2.45) is 23.7 Å². The molecular formula is C64H70N4O4. The first-order valence-electron chi connectivity index (χ1n) is 26.2. The molecule has 3 aromatic heterocycles. The Kier molecular flexibility index (Phi) is 15.7. The molecule has 0 spiro atoms. The molecule has 0 unspecified atom stereocenters. The Morgan fingerprint density at radius 1 is 0.319 bits per heavy atom. The van der Waals surface area contributed by atoms with Crippen LogP contribution in [0.5, 0.6) is 23.0 Å². The number of hydrogen-bond acceptors (Lipinski definition) is 6. The summed E-state index contributed by atoms with van der Waals surface area (Å²) < 4.78 is 25.0. The van der Waals surface area contributed by atoms with Crippen molar-refractivity contribution in [1.82, 2.24) is 19.9 Å². The van der Waals surface area contributed by atoms with Crippen LogP contribution in [-0.2, 0) is 0 Å². The molecule has 8 heteroatoms. The summed E-state index contributed by atoms with van der Waals surface area (Å²) in [6.45, 7) is 20.3. The second-order valence-electron chi connectivity index (χ2n) is 19.9. The van der Waals surface area contributed by atoms with Gasteiger partial charge in [0.25, 0.3) is 0 Å². The Balaban J connectivity index is 1.30. The van der Waals surface area contributed by atoms with Crippen molar-refractivity contribution in [2.45, 2.75) is 81.1 Å². The number of fused-ring (bicyclic) bond motifs is 8. The monoisotopic (exact) mass is 959 g/mol. The van der Waals surface area contributed by atoms with E-state index in [2.05, 4.69) is 211 Å². The van der Waals surface area contributed by atoms with Crippen LogP contribution >= 0.6 is 0 Å². The van der Waals surface area contributed by atoms with Gasteiger partial charge in [-0.05, 0) is 143 Å². The fraction of sp³-hybridized carbons (Fsp3) is 0.312. The summed E-state index contributed by atoms with van der Waals surface area (Å²) in [7, 11) is 0. The average Bonchev–Trinajstić information content (AvgIpc) is 4.28. The van der Waals surface area contributed by atoms with Crippen LogP contribution in [0.25, 0.3) is 90.9 Å². The van der Waals surface area contributed by atoms with Crippen LogP contribution in [0.2, 0.25) is 0 Å². The van der Waals surface area contributed by atoms with Crippen molar-refractivity contribution in [1.29, 1.82) is 0 Å². The van der Waals surface area contributed by atoms with Gasteiger partial charge in [-0.15, -0.1) is 0 Å². The summed E-state index contributed by atoms with van der Waals surface area (Å²) in [6, 6.07) is 42.4. The first-order chi connectivity index (χ1) is 35.1. The van der Waals surface area contributed by atoms with E-state index >= 15 is 0 Å². The number of H-pyrrole nitrogens is 2. The molecule has 0 radical (unpaired) electrons. The third-order valence-corrected chi connectivity index (χ3v) is 14.3. The molecule has 72 heavy (non-hydrogen) atoms. The first-order valence-corrected chi connectivity index (χ1v) is 26.2. The van der Waals surface area contributed by atoms with E-state index in [9.17, 15) is 0 Å². The van der Waals surface area contributed by atoms with E-state index in [0.29, 0.717) is 50.1 Å². The maximum atomic E-state index is 6.24. The molecule has 0 amide bonds. The summed E-state index contributed by atoms with van der Waals surface area (Å²) in [5.41, 5.74) is 15.1. The van der Waals surface area contributed by atoms with Crippen molar-refractivity contribution >= 4 is 46.4 Å². The summed E-state index contributed by atoms with van der Waals surface area (Å²) in [4.78, 5) is 18.9. The number of hydrogen-bond donors (Lipinski definition) is 2. The van der Waals surface area contributed by atoms with Crippen molar-refractivity contribution < 1.29 is 18.9 Å². The van der Waals surface area contributed by atoms with Crippen molar-refractivity contribution in [2.75, 3.05) is 26.4 Å². The molecule has 5 heterocycles. The van der Waals surface area contributed by atoms with Crippen LogP contribution in [0, 0.1) is 23.7 Å². The highest BCUT2D eigenvalue weighted by Gasteiger charge is 2.20. The predicted octanol–water partition coefficient (Wildman–Crippen LogP) is 17.0. The molecule has 0 saturated carbocycles. The van der Waals surface area contributed by atoms with Crippen LogP contribution in [-0.4, -0.2) is 46.4 Å². The van der Waals surface area contributed by atoms with Gasteiger partial charge in [-0.2, -0.15) is 0 Å². The van der Waals surface area contributed by atoms with E-state index in [1.54, 1.807) is 0 Å². The highest BCUT2D eigenvalue weighted by atomic mass is 16.5. The minimum Gasteiger partial charge on any atom is -0.493 e. The molecule has 4 aromatic carbocycles. The molecule has 2 aliphatic heterocycles. The third kappa shape index (κ3) is 11.4. The normalized spacial score (nSPS) is 13.7. The quantitative estimate of drug-likeness (QED) is 0.0790. The van der Waals surface area contributed by atoms with Crippen molar-refractivity contribution in [3.63, 3.8) is 0 Å². The standard InChI is InChI=1S/C64H70N4O4/c1-9-41(5)37-69-49-21-13-45(14-22-49)61-53-29-31-55(65-53)62(46-15-23-50(24-16-46)70-38-42(6)10-2)57-33-35-59(67-57)64(48-19-27-52(28-20-48)72-40-44(8)12-4)60-36-34-58(68-60)63(56-32-30-54(61)66-56)47-17-25-51(26-18-47)71-39-43(7)11-3/h13-36,41-44,65,68H,9-12,37-40H2,1-8H3/t41-,42-,43-,44-/m0/s1. The zero-order valence-corrected chi connectivity index (χ0v) is 43.4. The minimum absolute atomic E-state index is 0.466. The predicted molar refractivity (Wildman–Crippen MR) is 300 cm³/mol. The minimum atomic E-state index is 0.466. The van der Waals surface area contributed by atoms with Crippen LogP contribution in [0.1, 0.15) is 104 Å². The van der Waals surface area contributed by atoms with Crippen molar-refractivity contribution in [3.05, 3.63) is 144 Å². The smallest absolute Gasteiger partial charge is 0.119 e. The fourth-order valence-corrected chi connectivity index (χ4v) is 8.72. The van der Waals surface area contributed by atoms with Crippen LogP contribution < -0.4 is 18.9 Å². The highest BCUT2D eigenvalue weighted by Crippen LogP contribution is 2.40. The van der Waals surface area contributed by atoms with E-state index in [0.717, 1.165) is 138 Å². The van der Waals surface area contributed by atoms with Gasteiger partial charge in [-0.25, -0.2) is 9.97 Å². The SMILES string of the molecule is CC[C@H](C)COc1ccc(-c2c3nc(c(-c4ccc(OC[C@@H](C)CC)cc4)c4ccc([nH]4)c(-c4ccc(OC[C@@H](C)CC)cc4)c4nc(c(-c5ccc(OC[C@@H](C)CC)cc5)c5ccc2[nH]5)C=C4)C=C3)cc1. The molecule has 7 aromatic rings. The second kappa shape index (κ2) is 22.8. The number of ether oxygens (including phenoxy) is 4. The second-order valence-corrected chi connectivity index (χ2v) is 19.9. The highest BCUT2D eigenvalue weighted by molar-refractivity contribution is 6.00. The summed E-state index contributed by atoms with van der Waals surface area (Å²) >= 11 is 0. The Hall–Kier alpha value is -7.32. The van der Waals surface area contributed by atoms with Gasteiger partial charge in [-0.3, -0.25) is 0 Å². The zero-order valence-electron chi connectivity index (χ0n) is 43.4. The molecule has 2 aliphatic rings. The zero-order chi connectivity index (χ0) is 50.1. The number of nitrogens with one attached hydrogen (secondary N) is 2. The molecule has 8 nitrogen and oxygen atoms in total. The molecular weight excluding hydrogens is 889 g/mol. The van der Waals surface area contributed by atoms with Crippen LogP contribution in [0.4, 0.5) is 0 Å². The van der Waals surface area contributed by atoms with Gasteiger partial charge in [0.2, 0.25) is 0 Å². The number of aromatic nitrogens is 4. The van der Waals surface area contributed by atoms with Crippen LogP contribution in [0.15, 0.2) is 121 Å². The topological polar surface area (TPSA) is 94.3 Å². The van der Waals surface area contributed by atoms with E-state index < -0.39 is 0 Å². The molecule has 8 bridgehead atoms. The summed E-state index contributed by atoms with van der Waals surface area (Å²) in [5.74, 6) is 5.25. The Labute approximate surface area is 426 Å². The lowest BCUT2D eigenvalue weighted by Gasteiger charge is -2.12. The lowest BCUT2D eigenvalue weighted by Crippen LogP contribution is -2.07. The Morgan fingerprint density at radius 3 is 0.722 bits per heavy atom. The van der Waals surface area contributed by atoms with Gasteiger partial charge in [-0.1, -0.05) is 130 Å². The lowest BCUT2D eigenvalue weighted by atomic mass is 10.0. The Bertz CT molecular complexity index is 2760. The largest absolute Gasteiger partial charge is 0.493 e. The molecule has 370 valence electrons. The molecule has 2 N–H and O–H groups in total. The summed E-state index contributed by atoms with van der Waals surface area (Å²) in [5, 5.41) is 0. The molecule has 9 rings (SSSR count). The van der Waals surface area contributed by atoms with Gasteiger partial charge in [0, 0.05) is 44.3 Å². The van der Waals surface area contributed by atoms with Crippen molar-refractivity contribution in [3.8, 4) is 67.5 Å². The number of aromatic amines is 2. The maximum Gasteiger partial charge on any atom is 0.119 e. The van der Waals surface area contributed by atoms with Gasteiger partial charge in [0.05, 0.1) is 49.2 Å². The fourth-order valence-electron chi connectivity index (χ4n) is 8.72. The lowest BCUT2D eigenvalue weighted by molar-refractivity contribution is 0.256. The van der Waals surface area contributed by atoms with Gasteiger partial charge >= 0.3 is 0 Å². The molecule has 0 aliphatic carbocycles. The third-order valence-electron chi connectivity index (χ3n) is 14.3. The van der Waals surface area contributed by atoms with Gasteiger partial charge < -0.3 is 28.9 Å². The molecule has 4 atom stereocenters. The van der Waals surface area contributed by atoms with Gasteiger partial charge in [0.15, 0.2) is 0 Å². The summed E-state index contributed by atoms with van der Waals surface area (Å²) in [6.07, 6.45) is 12.8. The molecule has 0 fully saturated rings.